The van der Waals surface area contributed by atoms with E-state index in [2.05, 4.69) is 221 Å². The van der Waals surface area contributed by atoms with E-state index in [9.17, 15) is 0 Å². The van der Waals surface area contributed by atoms with E-state index in [1.54, 1.807) is 0 Å². The lowest BCUT2D eigenvalue weighted by molar-refractivity contribution is 0.750. The third kappa shape index (κ3) is 5.46. The van der Waals surface area contributed by atoms with Gasteiger partial charge in [0, 0.05) is 61.7 Å². The van der Waals surface area contributed by atoms with Crippen molar-refractivity contribution >= 4 is 65.8 Å². The molecule has 0 radical (unpaired) electrons. The van der Waals surface area contributed by atoms with Gasteiger partial charge in [0.05, 0.1) is 22.5 Å². The van der Waals surface area contributed by atoms with Crippen LogP contribution in [0.15, 0.2) is 205 Å². The quantitative estimate of drug-likeness (QED) is 0.178. The fraction of sp³-hybridized carbons (Fsp3) is 0.0847. The molecular formula is C59H43N3S. The number of hydrogen-bond donors (Lipinski definition) is 1. The van der Waals surface area contributed by atoms with Crippen LogP contribution in [0.25, 0.3) is 48.5 Å². The van der Waals surface area contributed by atoms with Crippen molar-refractivity contribution in [3.05, 3.63) is 239 Å². The van der Waals surface area contributed by atoms with Gasteiger partial charge in [0.2, 0.25) is 0 Å². The highest BCUT2D eigenvalue weighted by molar-refractivity contribution is 7.25. The van der Waals surface area contributed by atoms with Gasteiger partial charge in [0.25, 0.3) is 0 Å². The predicted octanol–water partition coefficient (Wildman–Crippen LogP) is 15.0. The minimum absolute atomic E-state index is 0.497. The minimum atomic E-state index is -0.497. The zero-order valence-electron chi connectivity index (χ0n) is 35.2. The zero-order valence-corrected chi connectivity index (χ0v) is 36.0. The summed E-state index contributed by atoms with van der Waals surface area (Å²) in [6.07, 6.45) is 12.8. The van der Waals surface area contributed by atoms with Crippen LogP contribution in [-0.2, 0) is 5.41 Å². The molecule has 5 aliphatic rings. The third-order valence-corrected chi connectivity index (χ3v) is 14.3. The van der Waals surface area contributed by atoms with Gasteiger partial charge in [-0.25, -0.2) is 0 Å². The fourth-order valence-electron chi connectivity index (χ4n) is 10.7. The number of thiophene rings is 1. The third-order valence-electron chi connectivity index (χ3n) is 13.2. The van der Waals surface area contributed by atoms with E-state index >= 15 is 0 Å². The van der Waals surface area contributed by atoms with Gasteiger partial charge in [0.15, 0.2) is 0 Å². The molecule has 0 saturated carbocycles. The van der Waals surface area contributed by atoms with Crippen molar-refractivity contribution in [1.82, 2.24) is 5.43 Å². The molecule has 2 aliphatic heterocycles. The number of nitrogens with zero attached hydrogens (tertiary/aromatic N) is 2. The fourth-order valence-corrected chi connectivity index (χ4v) is 11.8. The van der Waals surface area contributed by atoms with Crippen molar-refractivity contribution < 1.29 is 0 Å². The number of benzene rings is 7. The number of fused-ring (bicyclic) bond motifs is 15. The zero-order chi connectivity index (χ0) is 42.1. The maximum absolute atomic E-state index is 3.72. The van der Waals surface area contributed by atoms with E-state index < -0.39 is 5.41 Å². The first-order chi connectivity index (χ1) is 31.3. The first-order valence-electron chi connectivity index (χ1n) is 22.0. The molecule has 3 heterocycles. The Kier molecular flexibility index (Phi) is 8.74. The Morgan fingerprint density at radius 1 is 0.603 bits per heavy atom. The van der Waals surface area contributed by atoms with Gasteiger partial charge in [-0.05, 0) is 98.6 Å². The molecule has 1 aromatic heterocycles. The van der Waals surface area contributed by atoms with Crippen molar-refractivity contribution in [2.45, 2.75) is 32.1 Å². The van der Waals surface area contributed by atoms with Crippen molar-refractivity contribution in [2.24, 2.45) is 0 Å². The van der Waals surface area contributed by atoms with Crippen LogP contribution in [0, 0.1) is 11.8 Å². The summed E-state index contributed by atoms with van der Waals surface area (Å²) >= 11 is 1.86. The molecule has 1 atom stereocenters. The molecule has 3 nitrogen and oxygen atoms in total. The number of rotatable bonds is 4. The number of hydrazine groups is 1. The number of nitrogens with one attached hydrogen (secondary N) is 1. The summed E-state index contributed by atoms with van der Waals surface area (Å²) in [6, 6.07) is 60.7. The molecule has 0 amide bonds. The highest BCUT2D eigenvalue weighted by Gasteiger charge is 2.52. The standard InChI is InChI=1S/C57H37N3S.C2H6/c1-2-7-23-48-41(19-6-1)42-20-9-12-24-49(42)57(48)50-25-13-10-21-43(50)44-31-29-40(35-51(44)57)59(39-30-33-55-46(34-39)45-22-11-15-27-54(45)61-55)56-47(37-16-4-3-5-17-37)36-58-60-52-26-14-8-18-38(52)28-32-53(56)60;1-2/h3-6,8-22,24-36,58H,1,23H2;1-2H3/b19-6-;. The number of hydrogen-bond acceptors (Lipinski definition) is 4. The molecular weight excluding hydrogens is 783 g/mol. The van der Waals surface area contributed by atoms with Crippen LogP contribution < -0.4 is 15.3 Å². The van der Waals surface area contributed by atoms with Gasteiger partial charge >= 0.3 is 0 Å². The minimum Gasteiger partial charge on any atom is -0.308 e. The average Bonchev–Trinajstić information content (AvgIpc) is 3.95. The van der Waals surface area contributed by atoms with Gasteiger partial charge in [-0.1, -0.05) is 165 Å². The molecule has 300 valence electrons. The van der Waals surface area contributed by atoms with Crippen molar-refractivity contribution in [3.63, 3.8) is 0 Å². The summed E-state index contributed by atoms with van der Waals surface area (Å²) in [5.41, 5.74) is 22.7. The Hall–Kier alpha value is -7.58. The van der Waals surface area contributed by atoms with E-state index in [1.807, 2.05) is 25.2 Å². The second kappa shape index (κ2) is 14.8. The largest absolute Gasteiger partial charge is 0.308 e. The SMILES string of the molecule is C1#CCC2=C(/C=C\C1)c1ccccc1C21c2ccccc2-c2ccc(N(C3=C4C=Cc5ccccc5N4NC=C3c3ccccc3)c3ccc4sc5ccccc5c4c3)cc21.CC. The summed E-state index contributed by atoms with van der Waals surface area (Å²) < 4.78 is 2.58. The second-order valence-electron chi connectivity index (χ2n) is 16.2. The predicted molar refractivity (Wildman–Crippen MR) is 267 cm³/mol. The Morgan fingerprint density at radius 3 is 2.19 bits per heavy atom. The van der Waals surface area contributed by atoms with Crippen molar-refractivity contribution in [1.29, 1.82) is 0 Å². The second-order valence-corrected chi connectivity index (χ2v) is 17.3. The summed E-state index contributed by atoms with van der Waals surface area (Å²) in [5, 5.41) is 4.79. The lowest BCUT2D eigenvalue weighted by atomic mass is 9.68. The molecule has 1 N–H and O–H groups in total. The van der Waals surface area contributed by atoms with Gasteiger partial charge in [0.1, 0.15) is 0 Å². The number of para-hydroxylation sites is 1. The normalized spacial score (nSPS) is 17.7. The van der Waals surface area contributed by atoms with Crippen LogP contribution in [0.1, 0.15) is 60.1 Å². The molecule has 3 aliphatic carbocycles. The van der Waals surface area contributed by atoms with E-state index in [0.717, 1.165) is 46.0 Å². The summed E-state index contributed by atoms with van der Waals surface area (Å²) in [5.74, 6) is 7.06. The molecule has 7 aromatic carbocycles. The van der Waals surface area contributed by atoms with E-state index in [4.69, 9.17) is 0 Å². The monoisotopic (exact) mass is 825 g/mol. The summed E-state index contributed by atoms with van der Waals surface area (Å²) in [6.45, 7) is 4.00. The Balaban J connectivity index is 0.00000208. The van der Waals surface area contributed by atoms with Crippen LogP contribution in [0.4, 0.5) is 17.1 Å². The van der Waals surface area contributed by atoms with E-state index in [0.29, 0.717) is 6.42 Å². The van der Waals surface area contributed by atoms with Gasteiger partial charge in [-0.15, -0.1) is 11.3 Å². The highest BCUT2D eigenvalue weighted by atomic mass is 32.1. The Labute approximate surface area is 372 Å². The van der Waals surface area contributed by atoms with Gasteiger partial charge in [-0.3, -0.25) is 5.01 Å². The van der Waals surface area contributed by atoms with Crippen LogP contribution in [0.3, 0.4) is 0 Å². The molecule has 4 heteroatoms. The lowest BCUT2D eigenvalue weighted by Crippen LogP contribution is -2.41. The molecule has 1 unspecified atom stereocenters. The van der Waals surface area contributed by atoms with Crippen molar-refractivity contribution in [2.75, 3.05) is 9.91 Å². The molecule has 1 spiro atoms. The first kappa shape index (κ1) is 37.2. The Morgan fingerprint density at radius 2 is 1.30 bits per heavy atom. The van der Waals surface area contributed by atoms with Crippen LogP contribution in [-0.4, -0.2) is 0 Å². The molecule has 0 fully saturated rings. The summed E-state index contributed by atoms with van der Waals surface area (Å²) in [7, 11) is 0. The Bertz CT molecular complexity index is 3420. The van der Waals surface area contributed by atoms with E-state index in [1.165, 1.54) is 70.3 Å². The summed E-state index contributed by atoms with van der Waals surface area (Å²) in [4.78, 5) is 2.52. The van der Waals surface area contributed by atoms with Crippen LogP contribution in [0.5, 0.6) is 0 Å². The van der Waals surface area contributed by atoms with Crippen LogP contribution >= 0.6 is 11.3 Å². The smallest absolute Gasteiger partial charge is 0.0878 e. The van der Waals surface area contributed by atoms with Crippen LogP contribution in [0.2, 0.25) is 0 Å². The van der Waals surface area contributed by atoms with Crippen molar-refractivity contribution in [3.8, 4) is 23.0 Å². The van der Waals surface area contributed by atoms with Gasteiger partial charge in [-0.2, -0.15) is 0 Å². The average molecular weight is 826 g/mol. The first-order valence-corrected chi connectivity index (χ1v) is 22.8. The topological polar surface area (TPSA) is 18.5 Å². The number of allylic oxidation sites excluding steroid dienone is 6. The maximum atomic E-state index is 3.72. The molecule has 0 saturated heterocycles. The molecule has 63 heavy (non-hydrogen) atoms. The molecule has 8 aromatic rings. The number of anilines is 3. The van der Waals surface area contributed by atoms with Gasteiger partial charge < -0.3 is 10.3 Å². The molecule has 13 rings (SSSR count). The maximum Gasteiger partial charge on any atom is 0.0878 e. The van der Waals surface area contributed by atoms with E-state index in [-0.39, 0.29) is 0 Å². The molecule has 0 bridgehead atoms. The lowest BCUT2D eigenvalue weighted by Gasteiger charge is -2.40. The highest BCUT2D eigenvalue weighted by Crippen LogP contribution is 2.63.